The molecule has 0 aliphatic carbocycles. The molecule has 0 bridgehead atoms. The molecule has 2 heterocycles. The molecule has 1 aromatic rings. The van der Waals surface area contributed by atoms with Gasteiger partial charge in [0.25, 0.3) is 5.56 Å². The summed E-state index contributed by atoms with van der Waals surface area (Å²) < 4.78 is 0. The minimum Gasteiger partial charge on any atom is -0.311 e. The lowest BCUT2D eigenvalue weighted by Crippen LogP contribution is -2.37. The number of aromatic amines is 1. The normalized spacial score (nSPS) is 16.5. The lowest BCUT2D eigenvalue weighted by atomic mass is 10.1. The van der Waals surface area contributed by atoms with Crippen LogP contribution in [-0.2, 0) is 13.0 Å². The van der Waals surface area contributed by atoms with Crippen molar-refractivity contribution in [2.75, 3.05) is 13.1 Å². The molecule has 1 aliphatic rings. The van der Waals surface area contributed by atoms with Crippen molar-refractivity contribution in [2.24, 2.45) is 5.92 Å². The van der Waals surface area contributed by atoms with Gasteiger partial charge in [0.2, 0.25) is 0 Å². The molecule has 0 fully saturated rings. The lowest BCUT2D eigenvalue weighted by Gasteiger charge is -2.28. The Morgan fingerprint density at radius 1 is 1.50 bits per heavy atom. The largest absolute Gasteiger partial charge is 0.311 e. The van der Waals surface area contributed by atoms with E-state index in [0.29, 0.717) is 5.92 Å². The molecule has 0 unspecified atom stereocenters. The molecule has 88 valence electrons. The van der Waals surface area contributed by atoms with E-state index in [2.05, 4.69) is 28.7 Å². The summed E-state index contributed by atoms with van der Waals surface area (Å²) >= 11 is 0. The van der Waals surface area contributed by atoms with Gasteiger partial charge >= 0.3 is 0 Å². The summed E-state index contributed by atoms with van der Waals surface area (Å²) in [5.74, 6) is 1.37. The number of aromatic nitrogens is 2. The molecule has 4 heteroatoms. The molecular weight excluding hydrogens is 202 g/mol. The smallest absolute Gasteiger partial charge is 0.254 e. The van der Waals surface area contributed by atoms with Gasteiger partial charge in [0.05, 0.1) is 5.69 Å². The van der Waals surface area contributed by atoms with Gasteiger partial charge in [-0.3, -0.25) is 9.69 Å². The van der Waals surface area contributed by atoms with E-state index in [1.807, 2.05) is 6.92 Å². The Balaban J connectivity index is 2.23. The van der Waals surface area contributed by atoms with Gasteiger partial charge < -0.3 is 4.98 Å². The number of rotatable bonds is 2. The molecular formula is C12H19N3O. The van der Waals surface area contributed by atoms with Crippen LogP contribution in [0.25, 0.3) is 0 Å². The molecule has 16 heavy (non-hydrogen) atoms. The monoisotopic (exact) mass is 221 g/mol. The second kappa shape index (κ2) is 4.37. The van der Waals surface area contributed by atoms with Crippen molar-refractivity contribution in [2.45, 2.75) is 33.7 Å². The Morgan fingerprint density at radius 3 is 2.94 bits per heavy atom. The molecule has 1 aliphatic heterocycles. The highest BCUT2D eigenvalue weighted by Gasteiger charge is 2.20. The van der Waals surface area contributed by atoms with Gasteiger partial charge in [-0.25, -0.2) is 4.98 Å². The van der Waals surface area contributed by atoms with Crippen LogP contribution in [0, 0.1) is 12.8 Å². The molecule has 0 spiro atoms. The minimum absolute atomic E-state index is 0.0479. The average molecular weight is 221 g/mol. The second-order valence-corrected chi connectivity index (χ2v) is 4.96. The number of H-pyrrole nitrogens is 1. The molecule has 0 radical (unpaired) electrons. The molecule has 0 amide bonds. The van der Waals surface area contributed by atoms with E-state index in [9.17, 15) is 4.79 Å². The van der Waals surface area contributed by atoms with Crippen LogP contribution in [0.5, 0.6) is 0 Å². The van der Waals surface area contributed by atoms with Gasteiger partial charge in [-0.15, -0.1) is 0 Å². The third-order valence-corrected chi connectivity index (χ3v) is 2.89. The number of fused-ring (bicyclic) bond motifs is 1. The second-order valence-electron chi connectivity index (χ2n) is 4.96. The number of nitrogens with zero attached hydrogens (tertiary/aromatic N) is 2. The third-order valence-electron chi connectivity index (χ3n) is 2.89. The Morgan fingerprint density at radius 2 is 2.25 bits per heavy atom. The first kappa shape index (κ1) is 11.3. The van der Waals surface area contributed by atoms with Gasteiger partial charge in [0, 0.05) is 25.2 Å². The van der Waals surface area contributed by atoms with E-state index >= 15 is 0 Å². The Labute approximate surface area is 95.7 Å². The molecule has 2 rings (SSSR count). The first-order chi connectivity index (χ1) is 7.56. The molecule has 1 aromatic heterocycles. The van der Waals surface area contributed by atoms with E-state index in [0.717, 1.165) is 43.1 Å². The maximum absolute atomic E-state index is 11.7. The summed E-state index contributed by atoms with van der Waals surface area (Å²) in [6, 6.07) is 0. The highest BCUT2D eigenvalue weighted by atomic mass is 16.1. The fourth-order valence-corrected chi connectivity index (χ4v) is 2.29. The molecule has 0 atom stereocenters. The summed E-state index contributed by atoms with van der Waals surface area (Å²) in [7, 11) is 0. The zero-order chi connectivity index (χ0) is 11.7. The summed E-state index contributed by atoms with van der Waals surface area (Å²) in [5, 5.41) is 0. The average Bonchev–Trinajstić information content (AvgIpc) is 2.15. The Hall–Kier alpha value is -1.16. The fourth-order valence-electron chi connectivity index (χ4n) is 2.29. The SMILES string of the molecule is Cc1nc2c(c(=O)[nH]1)CCN(CC(C)C)C2. The molecule has 0 saturated heterocycles. The number of nitrogens with one attached hydrogen (secondary N) is 1. The van der Waals surface area contributed by atoms with Gasteiger partial charge in [-0.1, -0.05) is 13.8 Å². The van der Waals surface area contributed by atoms with Crippen LogP contribution in [0.1, 0.15) is 30.9 Å². The lowest BCUT2D eigenvalue weighted by molar-refractivity contribution is 0.222. The van der Waals surface area contributed by atoms with Crippen molar-refractivity contribution < 1.29 is 0 Å². The van der Waals surface area contributed by atoms with Crippen LogP contribution >= 0.6 is 0 Å². The quantitative estimate of drug-likeness (QED) is 0.813. The van der Waals surface area contributed by atoms with E-state index in [-0.39, 0.29) is 5.56 Å². The molecule has 0 saturated carbocycles. The number of aryl methyl sites for hydroxylation is 1. The van der Waals surface area contributed by atoms with Crippen LogP contribution in [0.2, 0.25) is 0 Å². The van der Waals surface area contributed by atoms with Crippen molar-refractivity contribution in [3.05, 3.63) is 27.4 Å². The van der Waals surface area contributed by atoms with Crippen LogP contribution in [0.15, 0.2) is 4.79 Å². The first-order valence-corrected chi connectivity index (χ1v) is 5.87. The van der Waals surface area contributed by atoms with Gasteiger partial charge in [0.1, 0.15) is 5.82 Å². The van der Waals surface area contributed by atoms with Crippen molar-refractivity contribution in [3.8, 4) is 0 Å². The predicted octanol–water partition coefficient (Wildman–Crippen LogP) is 1.09. The third kappa shape index (κ3) is 2.32. The van der Waals surface area contributed by atoms with E-state index in [1.165, 1.54) is 0 Å². The van der Waals surface area contributed by atoms with E-state index in [1.54, 1.807) is 0 Å². The van der Waals surface area contributed by atoms with Crippen LogP contribution < -0.4 is 5.56 Å². The van der Waals surface area contributed by atoms with Crippen molar-refractivity contribution >= 4 is 0 Å². The summed E-state index contributed by atoms with van der Waals surface area (Å²) in [6.07, 6.45) is 0.824. The zero-order valence-electron chi connectivity index (χ0n) is 10.2. The maximum atomic E-state index is 11.7. The molecule has 1 N–H and O–H groups in total. The van der Waals surface area contributed by atoms with Crippen LogP contribution in [-0.4, -0.2) is 28.0 Å². The highest BCUT2D eigenvalue weighted by molar-refractivity contribution is 5.20. The summed E-state index contributed by atoms with van der Waals surface area (Å²) in [4.78, 5) is 21.3. The Bertz CT molecular complexity index is 436. The number of hydrogen-bond donors (Lipinski definition) is 1. The first-order valence-electron chi connectivity index (χ1n) is 5.87. The molecule has 0 aromatic carbocycles. The minimum atomic E-state index is 0.0479. The summed E-state index contributed by atoms with van der Waals surface area (Å²) in [5.41, 5.74) is 1.89. The highest BCUT2D eigenvalue weighted by Crippen LogP contribution is 2.14. The zero-order valence-corrected chi connectivity index (χ0v) is 10.2. The van der Waals surface area contributed by atoms with Crippen molar-refractivity contribution in [3.63, 3.8) is 0 Å². The predicted molar refractivity (Wildman–Crippen MR) is 63.4 cm³/mol. The fraction of sp³-hybridized carbons (Fsp3) is 0.667. The van der Waals surface area contributed by atoms with Gasteiger partial charge in [0.15, 0.2) is 0 Å². The molecule has 4 nitrogen and oxygen atoms in total. The van der Waals surface area contributed by atoms with Crippen molar-refractivity contribution in [1.29, 1.82) is 0 Å². The number of hydrogen-bond acceptors (Lipinski definition) is 3. The van der Waals surface area contributed by atoms with Gasteiger partial charge in [-0.2, -0.15) is 0 Å². The van der Waals surface area contributed by atoms with E-state index < -0.39 is 0 Å². The van der Waals surface area contributed by atoms with Crippen LogP contribution in [0.3, 0.4) is 0 Å². The topological polar surface area (TPSA) is 49.0 Å². The van der Waals surface area contributed by atoms with Gasteiger partial charge in [-0.05, 0) is 19.3 Å². The maximum Gasteiger partial charge on any atom is 0.254 e. The van der Waals surface area contributed by atoms with E-state index in [4.69, 9.17) is 0 Å². The Kier molecular flexibility index (Phi) is 3.10. The van der Waals surface area contributed by atoms with Crippen LogP contribution in [0.4, 0.5) is 0 Å². The van der Waals surface area contributed by atoms with Crippen molar-refractivity contribution in [1.82, 2.24) is 14.9 Å². The standard InChI is InChI=1S/C12H19N3O/c1-8(2)6-15-5-4-10-11(7-15)13-9(3)14-12(10)16/h8H,4-7H2,1-3H3,(H,13,14,16). The summed E-state index contributed by atoms with van der Waals surface area (Å²) in [6.45, 7) is 9.13.